The average Bonchev–Trinajstić information content (AvgIpc) is 3.38. The number of fused-ring (bicyclic) bond motifs is 1. The Morgan fingerprint density at radius 3 is 2.70 bits per heavy atom. The standard InChI is InChI=1S/C22H29N5OS.HI/c1-15(2)27-12-10-16(11-13-27)25-22(23-3)24-14-17-8-9-19(28-17)21-26-18-6-4-5-7-20(18)29-21;/h4-9,15-16H,10-14H2,1-3H3,(H2,23,24,25);1H. The number of nitrogens with zero attached hydrogens (tertiary/aromatic N) is 3. The van der Waals surface area contributed by atoms with Crippen LogP contribution in [0.15, 0.2) is 45.8 Å². The topological polar surface area (TPSA) is 65.7 Å². The van der Waals surface area contributed by atoms with Gasteiger partial charge in [0, 0.05) is 32.2 Å². The molecule has 0 aliphatic carbocycles. The minimum Gasteiger partial charge on any atom is -0.457 e. The highest BCUT2D eigenvalue weighted by Crippen LogP contribution is 2.31. The molecule has 3 aromatic rings. The van der Waals surface area contributed by atoms with Gasteiger partial charge in [-0.05, 0) is 51.0 Å². The molecule has 0 spiro atoms. The van der Waals surface area contributed by atoms with Gasteiger partial charge in [-0.2, -0.15) is 0 Å². The fraction of sp³-hybridized carbons (Fsp3) is 0.455. The molecule has 1 aliphatic rings. The van der Waals surface area contributed by atoms with Crippen LogP contribution in [0.5, 0.6) is 0 Å². The lowest BCUT2D eigenvalue weighted by molar-refractivity contribution is 0.167. The molecular formula is C22H30IN5OS. The van der Waals surface area contributed by atoms with E-state index in [1.165, 1.54) is 4.70 Å². The first-order valence-electron chi connectivity index (χ1n) is 10.3. The lowest BCUT2D eigenvalue weighted by Gasteiger charge is -2.35. The second kappa shape index (κ2) is 10.6. The van der Waals surface area contributed by atoms with E-state index < -0.39 is 0 Å². The Morgan fingerprint density at radius 2 is 2.00 bits per heavy atom. The molecule has 1 aliphatic heterocycles. The minimum atomic E-state index is 0. The van der Waals surface area contributed by atoms with E-state index in [9.17, 15) is 0 Å². The fourth-order valence-corrected chi connectivity index (χ4v) is 4.61. The normalized spacial score (nSPS) is 16.1. The van der Waals surface area contributed by atoms with Crippen LogP contribution in [-0.2, 0) is 6.54 Å². The SMILES string of the molecule is CN=C(NCc1ccc(-c2nc3ccccc3s2)o1)NC1CCN(C(C)C)CC1.I. The first-order chi connectivity index (χ1) is 14.1. The van der Waals surface area contributed by atoms with Gasteiger partial charge in [-0.15, -0.1) is 35.3 Å². The number of halogens is 1. The van der Waals surface area contributed by atoms with Gasteiger partial charge < -0.3 is 20.0 Å². The van der Waals surface area contributed by atoms with E-state index in [2.05, 4.69) is 45.4 Å². The summed E-state index contributed by atoms with van der Waals surface area (Å²) in [5, 5.41) is 7.84. The molecule has 0 atom stereocenters. The Bertz CT molecular complexity index is 942. The van der Waals surface area contributed by atoms with Crippen LogP contribution in [0.3, 0.4) is 0 Å². The van der Waals surface area contributed by atoms with Crippen LogP contribution < -0.4 is 10.6 Å². The third-order valence-corrected chi connectivity index (χ3v) is 6.47. The number of guanidine groups is 1. The zero-order chi connectivity index (χ0) is 20.2. The van der Waals surface area contributed by atoms with Crippen molar-refractivity contribution in [3.63, 3.8) is 0 Å². The maximum Gasteiger partial charge on any atom is 0.191 e. The van der Waals surface area contributed by atoms with Crippen molar-refractivity contribution >= 4 is 51.5 Å². The highest BCUT2D eigenvalue weighted by atomic mass is 127. The van der Waals surface area contributed by atoms with Gasteiger partial charge in [-0.1, -0.05) is 12.1 Å². The van der Waals surface area contributed by atoms with Crippen LogP contribution >= 0.6 is 35.3 Å². The largest absolute Gasteiger partial charge is 0.457 e. The monoisotopic (exact) mass is 539 g/mol. The van der Waals surface area contributed by atoms with E-state index in [0.29, 0.717) is 18.6 Å². The predicted molar refractivity (Wildman–Crippen MR) is 136 cm³/mol. The number of thiazole rings is 1. The van der Waals surface area contributed by atoms with Crippen LogP contribution in [0.25, 0.3) is 21.0 Å². The number of hydrogen-bond acceptors (Lipinski definition) is 5. The summed E-state index contributed by atoms with van der Waals surface area (Å²) in [4.78, 5) is 11.6. The van der Waals surface area contributed by atoms with Crippen LogP contribution in [0.1, 0.15) is 32.4 Å². The van der Waals surface area contributed by atoms with Gasteiger partial charge in [0.15, 0.2) is 16.7 Å². The molecule has 8 heteroatoms. The fourth-order valence-electron chi connectivity index (χ4n) is 3.68. The molecule has 6 nitrogen and oxygen atoms in total. The van der Waals surface area contributed by atoms with Gasteiger partial charge in [0.25, 0.3) is 0 Å². The molecule has 0 amide bonds. The summed E-state index contributed by atoms with van der Waals surface area (Å²) in [5.74, 6) is 2.51. The summed E-state index contributed by atoms with van der Waals surface area (Å²) >= 11 is 1.65. The average molecular weight is 539 g/mol. The van der Waals surface area contributed by atoms with Crippen LogP contribution in [0, 0.1) is 0 Å². The van der Waals surface area contributed by atoms with Crippen molar-refractivity contribution in [2.75, 3.05) is 20.1 Å². The molecule has 4 rings (SSSR count). The number of piperidine rings is 1. The lowest BCUT2D eigenvalue weighted by Crippen LogP contribution is -2.49. The number of aliphatic imine (C=N–C) groups is 1. The van der Waals surface area contributed by atoms with Crippen molar-refractivity contribution in [2.24, 2.45) is 4.99 Å². The van der Waals surface area contributed by atoms with E-state index in [1.54, 1.807) is 11.3 Å². The zero-order valence-electron chi connectivity index (χ0n) is 17.7. The van der Waals surface area contributed by atoms with Crippen molar-refractivity contribution in [1.29, 1.82) is 0 Å². The molecule has 1 fully saturated rings. The molecule has 162 valence electrons. The summed E-state index contributed by atoms with van der Waals surface area (Å²) in [6, 6.07) is 13.2. The second-order valence-electron chi connectivity index (χ2n) is 7.73. The summed E-state index contributed by atoms with van der Waals surface area (Å²) in [7, 11) is 1.81. The molecule has 3 heterocycles. The Kier molecular flexibility index (Phi) is 8.13. The predicted octanol–water partition coefficient (Wildman–Crippen LogP) is 4.71. The lowest BCUT2D eigenvalue weighted by atomic mass is 10.0. The van der Waals surface area contributed by atoms with E-state index in [1.807, 2.05) is 37.4 Å². The van der Waals surface area contributed by atoms with Crippen molar-refractivity contribution < 1.29 is 4.42 Å². The smallest absolute Gasteiger partial charge is 0.191 e. The van der Waals surface area contributed by atoms with Crippen LogP contribution in [-0.4, -0.2) is 48.1 Å². The number of hydrogen-bond donors (Lipinski definition) is 2. The molecule has 0 radical (unpaired) electrons. The van der Waals surface area contributed by atoms with E-state index in [0.717, 1.165) is 53.9 Å². The van der Waals surface area contributed by atoms with E-state index in [-0.39, 0.29) is 24.0 Å². The maximum atomic E-state index is 6.02. The van der Waals surface area contributed by atoms with Gasteiger partial charge in [0.1, 0.15) is 5.76 Å². The molecule has 2 N–H and O–H groups in total. The Balaban J connectivity index is 0.00000256. The van der Waals surface area contributed by atoms with E-state index >= 15 is 0 Å². The van der Waals surface area contributed by atoms with Gasteiger partial charge in [-0.3, -0.25) is 4.99 Å². The zero-order valence-corrected chi connectivity index (χ0v) is 20.9. The van der Waals surface area contributed by atoms with Gasteiger partial charge in [0.05, 0.1) is 16.8 Å². The highest BCUT2D eigenvalue weighted by molar-refractivity contribution is 14.0. The van der Waals surface area contributed by atoms with Crippen molar-refractivity contribution in [1.82, 2.24) is 20.5 Å². The summed E-state index contributed by atoms with van der Waals surface area (Å²) in [6.07, 6.45) is 2.28. The van der Waals surface area contributed by atoms with Gasteiger partial charge >= 0.3 is 0 Å². The summed E-state index contributed by atoms with van der Waals surface area (Å²) in [5.41, 5.74) is 1.01. The number of para-hydroxylation sites is 1. The number of nitrogens with one attached hydrogen (secondary N) is 2. The molecule has 0 saturated carbocycles. The first kappa shape index (κ1) is 23.0. The van der Waals surface area contributed by atoms with E-state index in [4.69, 9.17) is 4.42 Å². The number of likely N-dealkylation sites (tertiary alicyclic amines) is 1. The van der Waals surface area contributed by atoms with Gasteiger partial charge in [0.2, 0.25) is 0 Å². The molecule has 2 aromatic heterocycles. The number of benzene rings is 1. The first-order valence-corrected chi connectivity index (χ1v) is 11.1. The highest BCUT2D eigenvalue weighted by Gasteiger charge is 2.21. The van der Waals surface area contributed by atoms with Crippen molar-refractivity contribution in [3.8, 4) is 10.8 Å². The van der Waals surface area contributed by atoms with Crippen LogP contribution in [0.4, 0.5) is 0 Å². The molecule has 30 heavy (non-hydrogen) atoms. The quantitative estimate of drug-likeness (QED) is 0.279. The maximum absolute atomic E-state index is 6.02. The third kappa shape index (κ3) is 5.53. The number of furan rings is 1. The third-order valence-electron chi connectivity index (χ3n) is 5.42. The molecule has 1 saturated heterocycles. The van der Waals surface area contributed by atoms with Crippen LogP contribution in [0.2, 0.25) is 0 Å². The Labute approximate surface area is 199 Å². The molecule has 0 bridgehead atoms. The second-order valence-corrected chi connectivity index (χ2v) is 8.76. The van der Waals surface area contributed by atoms with Crippen molar-refractivity contribution in [3.05, 3.63) is 42.2 Å². The van der Waals surface area contributed by atoms with Crippen molar-refractivity contribution in [2.45, 2.75) is 45.3 Å². The summed E-state index contributed by atoms with van der Waals surface area (Å²) in [6.45, 7) is 7.39. The number of aromatic nitrogens is 1. The molecular weight excluding hydrogens is 509 g/mol. The minimum absolute atomic E-state index is 0. The molecule has 0 unspecified atom stereocenters. The molecule has 1 aromatic carbocycles. The van der Waals surface area contributed by atoms with Gasteiger partial charge in [-0.25, -0.2) is 4.98 Å². The Hall–Kier alpha value is -1.65. The summed E-state index contributed by atoms with van der Waals surface area (Å²) < 4.78 is 7.19. The Morgan fingerprint density at radius 1 is 1.23 bits per heavy atom. The number of rotatable bonds is 5.